The van der Waals surface area contributed by atoms with Crippen LogP contribution in [0.3, 0.4) is 0 Å². The first-order chi connectivity index (χ1) is 22.6. The number of hydrogen-bond donors (Lipinski definition) is 0. The molecule has 0 saturated carbocycles. The first-order valence-corrected chi connectivity index (χ1v) is 19.1. The van der Waals surface area contributed by atoms with Crippen LogP contribution in [0.25, 0.3) is 38.9 Å². The molecule has 0 aliphatic carbocycles. The van der Waals surface area contributed by atoms with Crippen molar-refractivity contribution >= 4 is 78.9 Å². The fourth-order valence-electron chi connectivity index (χ4n) is 6.94. The molecule has 0 saturated heterocycles. The SMILES string of the molecule is Cc1n[c]([Bi])nc(-c2cccc([Si](c3ccccc3)(c3ccccc3)c3cccc(-n4c5ccccc5c5ccccc54)c3)c2)n1. The topological polar surface area (TPSA) is 43.6 Å². The van der Waals surface area contributed by atoms with Crippen LogP contribution in [0, 0.1) is 6.92 Å². The Morgan fingerprint density at radius 2 is 1.02 bits per heavy atom. The summed E-state index contributed by atoms with van der Waals surface area (Å²) >= 11 is 1.00. The second-order valence-corrected chi connectivity index (χ2v) is 16.9. The van der Waals surface area contributed by atoms with Gasteiger partial charge in [0.2, 0.25) is 0 Å². The molecular weight excluding hydrogens is 774 g/mol. The minimum atomic E-state index is -2.85. The van der Waals surface area contributed by atoms with E-state index in [-0.39, 0.29) is 0 Å². The van der Waals surface area contributed by atoms with E-state index < -0.39 is 8.07 Å². The monoisotopic (exact) mass is 802 g/mol. The molecular formula is C40H29BiN4Si. The van der Waals surface area contributed by atoms with E-state index in [1.807, 2.05) is 6.92 Å². The Kier molecular flexibility index (Phi) is 7.40. The first-order valence-electron chi connectivity index (χ1n) is 15.4. The summed E-state index contributed by atoms with van der Waals surface area (Å²) in [4.78, 5) is 14.0. The Balaban J connectivity index is 1.44. The van der Waals surface area contributed by atoms with Crippen molar-refractivity contribution in [1.29, 1.82) is 0 Å². The molecule has 0 aliphatic rings. The summed E-state index contributed by atoms with van der Waals surface area (Å²) in [5, 5.41) is 7.77. The zero-order valence-electron chi connectivity index (χ0n) is 25.2. The summed E-state index contributed by atoms with van der Waals surface area (Å²) in [6.45, 7) is 1.94. The van der Waals surface area contributed by atoms with E-state index in [1.165, 1.54) is 42.6 Å². The molecule has 0 aliphatic heterocycles. The number of benzene rings is 6. The molecule has 46 heavy (non-hydrogen) atoms. The Hall–Kier alpha value is -4.77. The third-order valence-electron chi connectivity index (χ3n) is 8.82. The van der Waals surface area contributed by atoms with Crippen LogP contribution in [0.2, 0.25) is 0 Å². The number of para-hydroxylation sites is 2. The van der Waals surface area contributed by atoms with Gasteiger partial charge in [-0.15, -0.1) is 0 Å². The number of hydrogen-bond acceptors (Lipinski definition) is 3. The van der Waals surface area contributed by atoms with Crippen LogP contribution < -0.4 is 24.3 Å². The summed E-state index contributed by atoms with van der Waals surface area (Å²) in [7, 11) is -2.85. The van der Waals surface area contributed by atoms with E-state index in [0.717, 1.165) is 51.2 Å². The Labute approximate surface area is 284 Å². The van der Waals surface area contributed by atoms with Crippen LogP contribution in [0.1, 0.15) is 5.82 Å². The van der Waals surface area contributed by atoms with E-state index in [4.69, 9.17) is 9.97 Å². The normalized spacial score (nSPS) is 11.7. The second-order valence-electron chi connectivity index (χ2n) is 11.5. The van der Waals surface area contributed by atoms with Gasteiger partial charge in [-0.05, 0) is 12.1 Å². The van der Waals surface area contributed by atoms with Crippen LogP contribution in [0.5, 0.6) is 0 Å². The Bertz CT molecular complexity index is 2240. The third kappa shape index (κ3) is 4.81. The van der Waals surface area contributed by atoms with Gasteiger partial charge >= 0.3 is 227 Å². The number of aromatic nitrogens is 4. The van der Waals surface area contributed by atoms with Gasteiger partial charge < -0.3 is 0 Å². The van der Waals surface area contributed by atoms with Gasteiger partial charge in [0, 0.05) is 10.8 Å². The number of fused-ring (bicyclic) bond motifs is 3. The van der Waals surface area contributed by atoms with Gasteiger partial charge in [-0.3, -0.25) is 0 Å². The number of rotatable bonds is 6. The molecule has 8 rings (SSSR count). The van der Waals surface area contributed by atoms with Gasteiger partial charge in [0.05, 0.1) is 0 Å². The van der Waals surface area contributed by atoms with Crippen molar-refractivity contribution in [2.24, 2.45) is 0 Å². The van der Waals surface area contributed by atoms with E-state index in [2.05, 4.69) is 167 Å². The van der Waals surface area contributed by atoms with Crippen molar-refractivity contribution in [2.45, 2.75) is 6.92 Å². The van der Waals surface area contributed by atoms with Crippen LogP contribution >= 0.6 is 0 Å². The van der Waals surface area contributed by atoms with Gasteiger partial charge in [-0.2, -0.15) is 0 Å². The Morgan fingerprint density at radius 1 is 0.500 bits per heavy atom. The quantitative estimate of drug-likeness (QED) is 0.174. The standard InChI is InChI=1S/C40H29N4Si.Bi/c1-29-41-28-42-40(43-29)30-14-12-20-34(26-30)45(32-16-4-2-5-17-32,33-18-6-3-7-19-33)35-21-13-15-31(27-35)44-38-24-10-8-22-36(38)37-23-9-11-25-39(37)44;/h2-27H,1H3;. The minimum absolute atomic E-state index is 0.731. The molecule has 0 fully saturated rings. The number of aryl methyl sites for hydroxylation is 1. The van der Waals surface area contributed by atoms with Crippen molar-refractivity contribution in [3.63, 3.8) is 0 Å². The van der Waals surface area contributed by atoms with Gasteiger partial charge in [0.15, 0.2) is 0 Å². The fourth-order valence-corrected chi connectivity index (χ4v) is 12.7. The average Bonchev–Trinajstić information content (AvgIpc) is 3.44. The predicted molar refractivity (Wildman–Crippen MR) is 193 cm³/mol. The molecule has 8 aromatic rings. The molecule has 0 amide bonds. The van der Waals surface area contributed by atoms with Crippen molar-refractivity contribution in [3.8, 4) is 17.1 Å². The molecule has 2 radical (unpaired) electrons. The molecule has 0 N–H and O–H groups in total. The molecule has 6 aromatic carbocycles. The molecule has 0 bridgehead atoms. The maximum absolute atomic E-state index is 4.79. The zero-order valence-corrected chi connectivity index (χ0v) is 29.7. The molecule has 0 spiro atoms. The van der Waals surface area contributed by atoms with Crippen molar-refractivity contribution < 1.29 is 0 Å². The summed E-state index contributed by atoms with van der Waals surface area (Å²) in [6.07, 6.45) is 0. The molecule has 0 atom stereocenters. The first kappa shape index (κ1) is 28.7. The van der Waals surface area contributed by atoms with Gasteiger partial charge in [0.1, 0.15) is 0 Å². The molecule has 4 nitrogen and oxygen atoms in total. The van der Waals surface area contributed by atoms with Gasteiger partial charge in [-0.25, -0.2) is 0 Å². The Morgan fingerprint density at radius 3 is 1.63 bits per heavy atom. The van der Waals surface area contributed by atoms with Gasteiger partial charge in [0.25, 0.3) is 0 Å². The van der Waals surface area contributed by atoms with Gasteiger partial charge in [-0.1, -0.05) is 36.4 Å². The summed E-state index contributed by atoms with van der Waals surface area (Å²) in [5.41, 5.74) is 4.58. The molecule has 2 heterocycles. The van der Waals surface area contributed by atoms with E-state index in [9.17, 15) is 0 Å². The fraction of sp³-hybridized carbons (Fsp3) is 0.0250. The van der Waals surface area contributed by atoms with Crippen LogP contribution in [-0.4, -0.2) is 52.3 Å². The van der Waals surface area contributed by atoms with E-state index in [1.54, 1.807) is 0 Å². The summed E-state index contributed by atoms with van der Waals surface area (Å²) in [6, 6.07) is 57.7. The van der Waals surface area contributed by atoms with E-state index >= 15 is 0 Å². The number of nitrogens with zero attached hydrogens (tertiary/aromatic N) is 4. The summed E-state index contributed by atoms with van der Waals surface area (Å²) < 4.78 is 3.25. The second kappa shape index (κ2) is 11.9. The van der Waals surface area contributed by atoms with Crippen molar-refractivity contribution in [1.82, 2.24) is 19.5 Å². The molecule has 6 heteroatoms. The zero-order chi connectivity index (χ0) is 31.1. The third-order valence-corrected chi connectivity index (χ3v) is 14.4. The maximum atomic E-state index is 4.79. The van der Waals surface area contributed by atoms with Crippen LogP contribution in [-0.2, 0) is 0 Å². The summed E-state index contributed by atoms with van der Waals surface area (Å²) in [5.74, 6) is 1.48. The molecule has 0 unspecified atom stereocenters. The van der Waals surface area contributed by atoms with Crippen LogP contribution in [0.4, 0.5) is 0 Å². The van der Waals surface area contributed by atoms with Crippen molar-refractivity contribution in [2.75, 3.05) is 0 Å². The molecule has 218 valence electrons. The molecule has 2 aromatic heterocycles. The predicted octanol–water partition coefficient (Wildman–Crippen LogP) is 5.12. The van der Waals surface area contributed by atoms with Crippen molar-refractivity contribution in [3.05, 3.63) is 164 Å². The van der Waals surface area contributed by atoms with E-state index in [0.29, 0.717) is 0 Å². The van der Waals surface area contributed by atoms with Crippen LogP contribution in [0.15, 0.2) is 158 Å². The average molecular weight is 803 g/mol.